The minimum Gasteiger partial charge on any atom is -0.453 e. The molecule has 3 aliphatic rings. The van der Waals surface area contributed by atoms with Gasteiger partial charge in [-0.2, -0.15) is 5.26 Å². The normalized spacial score (nSPS) is 17.3. The van der Waals surface area contributed by atoms with Crippen LogP contribution in [0.2, 0.25) is 0 Å². The highest BCUT2D eigenvalue weighted by molar-refractivity contribution is 5.97. The van der Waals surface area contributed by atoms with Crippen LogP contribution in [0.4, 0.5) is 4.79 Å². The van der Waals surface area contributed by atoms with Crippen molar-refractivity contribution >= 4 is 12.0 Å². The van der Waals surface area contributed by atoms with Crippen molar-refractivity contribution in [1.82, 2.24) is 19.8 Å². The molecule has 0 radical (unpaired) electrons. The Balaban J connectivity index is 1.26. The van der Waals surface area contributed by atoms with Crippen LogP contribution in [0, 0.1) is 11.3 Å². The molecule has 8 nitrogen and oxygen atoms in total. The minimum absolute atomic E-state index is 0.0897. The highest BCUT2D eigenvalue weighted by atomic mass is 16.5. The van der Waals surface area contributed by atoms with Crippen LogP contribution >= 0.6 is 0 Å². The molecular weight excluding hydrogens is 502 g/mol. The van der Waals surface area contributed by atoms with E-state index in [0.29, 0.717) is 50.0 Å². The Bertz CT molecular complexity index is 1470. The summed E-state index contributed by atoms with van der Waals surface area (Å²) in [5.74, 6) is 1.78. The van der Waals surface area contributed by atoms with Gasteiger partial charge in [0.1, 0.15) is 5.82 Å². The fourth-order valence-corrected chi connectivity index (χ4v) is 6.21. The van der Waals surface area contributed by atoms with E-state index in [9.17, 15) is 9.59 Å². The average Bonchev–Trinajstić information content (AvgIpc) is 3.77. The lowest BCUT2D eigenvalue weighted by Crippen LogP contribution is -2.38. The summed E-state index contributed by atoms with van der Waals surface area (Å²) in [4.78, 5) is 38.1. The number of ether oxygens (including phenoxy) is 1. The molecule has 6 rings (SSSR count). The number of hydrogen-bond donors (Lipinski definition) is 1. The molecule has 40 heavy (non-hydrogen) atoms. The molecule has 2 amide bonds. The third-order valence-electron chi connectivity index (χ3n) is 8.72. The number of aromatic amines is 1. The predicted molar refractivity (Wildman–Crippen MR) is 151 cm³/mol. The quantitative estimate of drug-likeness (QED) is 0.461. The molecule has 1 aromatic heterocycles. The second-order valence-corrected chi connectivity index (χ2v) is 11.2. The fourth-order valence-electron chi connectivity index (χ4n) is 6.21. The maximum atomic E-state index is 13.9. The van der Waals surface area contributed by atoms with Gasteiger partial charge in [0.05, 0.1) is 36.7 Å². The van der Waals surface area contributed by atoms with E-state index in [1.54, 1.807) is 4.90 Å². The number of likely N-dealkylation sites (tertiary alicyclic amines) is 1. The van der Waals surface area contributed by atoms with Crippen molar-refractivity contribution in [1.29, 1.82) is 5.26 Å². The molecule has 0 bridgehead atoms. The third-order valence-corrected chi connectivity index (χ3v) is 8.72. The van der Waals surface area contributed by atoms with Gasteiger partial charge in [0, 0.05) is 37.2 Å². The Morgan fingerprint density at radius 2 is 1.80 bits per heavy atom. The summed E-state index contributed by atoms with van der Waals surface area (Å²) in [5, 5.41) is 9.09. The second kappa shape index (κ2) is 10.8. The van der Waals surface area contributed by atoms with Crippen molar-refractivity contribution in [3.8, 4) is 17.5 Å². The number of nitrogens with one attached hydrogen (secondary N) is 1. The van der Waals surface area contributed by atoms with E-state index in [2.05, 4.69) is 30.1 Å². The number of methoxy groups -OCH3 is 1. The van der Waals surface area contributed by atoms with Gasteiger partial charge in [-0.1, -0.05) is 25.1 Å². The number of nitrogens with zero attached hydrogens (tertiary/aromatic N) is 4. The number of amides is 2. The van der Waals surface area contributed by atoms with E-state index >= 15 is 0 Å². The zero-order chi connectivity index (χ0) is 27.8. The lowest BCUT2D eigenvalue weighted by Gasteiger charge is -2.33. The molecule has 1 N–H and O–H groups in total. The number of benzene rings is 2. The van der Waals surface area contributed by atoms with Crippen LogP contribution < -0.4 is 0 Å². The van der Waals surface area contributed by atoms with Crippen molar-refractivity contribution in [2.45, 2.75) is 63.8 Å². The van der Waals surface area contributed by atoms with Crippen molar-refractivity contribution in [3.05, 3.63) is 75.6 Å². The Morgan fingerprint density at radius 1 is 1.05 bits per heavy atom. The summed E-state index contributed by atoms with van der Waals surface area (Å²) >= 11 is 0. The van der Waals surface area contributed by atoms with E-state index in [-0.39, 0.29) is 12.0 Å². The molecule has 2 fully saturated rings. The number of aromatic nitrogens is 2. The van der Waals surface area contributed by atoms with Crippen LogP contribution in [0.15, 0.2) is 36.4 Å². The van der Waals surface area contributed by atoms with E-state index in [1.165, 1.54) is 18.2 Å². The van der Waals surface area contributed by atoms with Gasteiger partial charge in [0.2, 0.25) is 0 Å². The number of piperidine rings is 1. The number of fused-ring (bicyclic) bond motifs is 1. The zero-order valence-electron chi connectivity index (χ0n) is 23.2. The highest BCUT2D eigenvalue weighted by Crippen LogP contribution is 2.45. The molecule has 1 aliphatic carbocycles. The molecule has 2 aromatic carbocycles. The van der Waals surface area contributed by atoms with Gasteiger partial charge in [-0.3, -0.25) is 4.79 Å². The number of H-pyrrole nitrogens is 1. The Labute approximate surface area is 235 Å². The van der Waals surface area contributed by atoms with Crippen LogP contribution in [0.5, 0.6) is 0 Å². The number of carbonyl (C=O) groups is 2. The van der Waals surface area contributed by atoms with Crippen molar-refractivity contribution in [2.24, 2.45) is 0 Å². The molecule has 0 unspecified atom stereocenters. The monoisotopic (exact) mass is 537 g/mol. The molecule has 0 atom stereocenters. The molecule has 2 aliphatic heterocycles. The molecule has 1 saturated carbocycles. The van der Waals surface area contributed by atoms with Gasteiger partial charge in [0.25, 0.3) is 5.91 Å². The number of nitriles is 1. The maximum Gasteiger partial charge on any atom is 0.409 e. The number of carbonyl (C=O) groups excluding carboxylic acids is 2. The fraction of sp³-hybridized carbons (Fsp3) is 0.438. The first-order chi connectivity index (χ1) is 19.5. The number of hydrogen-bond acceptors (Lipinski definition) is 5. The van der Waals surface area contributed by atoms with E-state index < -0.39 is 0 Å². The summed E-state index contributed by atoms with van der Waals surface area (Å²) in [6.07, 6.45) is 5.27. The number of aryl methyl sites for hydroxylation is 1. The summed E-state index contributed by atoms with van der Waals surface area (Å²) < 4.78 is 4.92. The topological polar surface area (TPSA) is 102 Å². The molecule has 8 heteroatoms. The lowest BCUT2D eigenvalue weighted by atomic mass is 9.88. The van der Waals surface area contributed by atoms with Crippen LogP contribution in [-0.2, 0) is 24.1 Å². The summed E-state index contributed by atoms with van der Waals surface area (Å²) in [5.41, 5.74) is 7.97. The van der Waals surface area contributed by atoms with Gasteiger partial charge < -0.3 is 19.5 Å². The molecule has 1 saturated heterocycles. The Hall–Kier alpha value is -4.12. The molecule has 0 spiro atoms. The first-order valence-corrected chi connectivity index (χ1v) is 14.4. The molecule has 206 valence electrons. The van der Waals surface area contributed by atoms with Crippen LogP contribution in [0.25, 0.3) is 11.4 Å². The van der Waals surface area contributed by atoms with Gasteiger partial charge in [-0.25, -0.2) is 9.78 Å². The van der Waals surface area contributed by atoms with Gasteiger partial charge >= 0.3 is 6.09 Å². The van der Waals surface area contributed by atoms with E-state index in [0.717, 1.165) is 66.0 Å². The maximum absolute atomic E-state index is 13.9. The van der Waals surface area contributed by atoms with Crippen LogP contribution in [0.1, 0.15) is 88.4 Å². The van der Waals surface area contributed by atoms with Crippen LogP contribution in [0.3, 0.4) is 0 Å². The standard InChI is InChI=1S/C32H35N5O3/c1-3-21-16-25(24-8-9-24)27(30-34-28-12-15-37(32(39)40-2)19-29(28)35-30)17-26(21)31(38)36-13-10-23(11-14-36)22-6-4-20(18-33)5-7-22/h4-7,16-17,23-24H,3,8-15,19H2,1-2H3,(H,34,35). The predicted octanol–water partition coefficient (Wildman–Crippen LogP) is 5.53. The number of imidazole rings is 1. The van der Waals surface area contributed by atoms with E-state index in [4.69, 9.17) is 15.0 Å². The first kappa shape index (κ1) is 26.1. The van der Waals surface area contributed by atoms with Crippen molar-refractivity contribution < 1.29 is 14.3 Å². The van der Waals surface area contributed by atoms with Gasteiger partial charge in [0.15, 0.2) is 0 Å². The summed E-state index contributed by atoms with van der Waals surface area (Å²) in [6.45, 7) is 4.57. The second-order valence-electron chi connectivity index (χ2n) is 11.2. The van der Waals surface area contributed by atoms with E-state index in [1.807, 2.05) is 29.2 Å². The highest BCUT2D eigenvalue weighted by Gasteiger charge is 2.32. The zero-order valence-corrected chi connectivity index (χ0v) is 23.2. The first-order valence-electron chi connectivity index (χ1n) is 14.4. The average molecular weight is 538 g/mol. The Kier molecular flexibility index (Phi) is 7.05. The van der Waals surface area contributed by atoms with Crippen molar-refractivity contribution in [2.75, 3.05) is 26.7 Å². The van der Waals surface area contributed by atoms with Crippen LogP contribution in [-0.4, -0.2) is 58.5 Å². The summed E-state index contributed by atoms with van der Waals surface area (Å²) in [7, 11) is 1.40. The minimum atomic E-state index is -0.330. The molecular formula is C32H35N5O3. The Morgan fingerprint density at radius 3 is 2.45 bits per heavy atom. The third kappa shape index (κ3) is 4.97. The molecule has 3 heterocycles. The summed E-state index contributed by atoms with van der Waals surface area (Å²) in [6, 6.07) is 14.3. The largest absolute Gasteiger partial charge is 0.453 e. The number of rotatable bonds is 5. The molecule has 3 aromatic rings. The smallest absolute Gasteiger partial charge is 0.409 e. The SMILES string of the molecule is CCc1cc(C2CC2)c(-c2nc3c([nH]2)CN(C(=O)OC)CC3)cc1C(=O)N1CCC(c2ccc(C#N)cc2)CC1. The van der Waals surface area contributed by atoms with Crippen molar-refractivity contribution in [3.63, 3.8) is 0 Å². The van der Waals surface area contributed by atoms with Gasteiger partial charge in [-0.05, 0) is 78.8 Å². The van der Waals surface area contributed by atoms with Gasteiger partial charge in [-0.15, -0.1) is 0 Å². The lowest BCUT2D eigenvalue weighted by molar-refractivity contribution is 0.0712.